The molecule has 0 unspecified atom stereocenters. The Balaban J connectivity index is 1.93. The second kappa shape index (κ2) is 10.3. The van der Waals surface area contributed by atoms with Gasteiger partial charge in [-0.15, -0.1) is 0 Å². The zero-order valence-corrected chi connectivity index (χ0v) is 17.6. The maximum Gasteiger partial charge on any atom is 0.289 e. The SMILES string of the molecule is CN(CCCC(=O)Nc1cccc(Cl)c1SC(F)F)S(=O)(=O)c1ccc(F)cc1. The third-order valence-corrected chi connectivity index (χ3v) is 7.00. The van der Waals surface area contributed by atoms with Gasteiger partial charge in [0.15, 0.2) is 0 Å². The fourth-order valence-corrected chi connectivity index (χ4v) is 4.52. The number of carbonyl (C=O) groups excluding carboxylic acids is 1. The third-order valence-electron chi connectivity index (χ3n) is 3.85. The lowest BCUT2D eigenvalue weighted by atomic mass is 10.2. The number of halogens is 4. The van der Waals surface area contributed by atoms with E-state index in [0.29, 0.717) is 0 Å². The molecule has 0 spiro atoms. The molecule has 29 heavy (non-hydrogen) atoms. The molecule has 11 heteroatoms. The maximum atomic E-state index is 13.0. The van der Waals surface area contributed by atoms with E-state index < -0.39 is 27.5 Å². The number of nitrogens with zero attached hydrogens (tertiary/aromatic N) is 1. The van der Waals surface area contributed by atoms with Crippen molar-refractivity contribution in [3.63, 3.8) is 0 Å². The van der Waals surface area contributed by atoms with E-state index in [1.165, 1.54) is 25.2 Å². The molecule has 2 aromatic rings. The maximum absolute atomic E-state index is 13.0. The minimum absolute atomic E-state index is 0.0332. The zero-order valence-electron chi connectivity index (χ0n) is 15.2. The number of alkyl halides is 2. The van der Waals surface area contributed by atoms with Gasteiger partial charge in [0.25, 0.3) is 5.76 Å². The Bertz CT molecular complexity index is 957. The van der Waals surface area contributed by atoms with E-state index in [2.05, 4.69) is 5.32 Å². The molecule has 0 aromatic heterocycles. The highest BCUT2D eigenvalue weighted by Crippen LogP contribution is 2.37. The number of rotatable bonds is 9. The Morgan fingerprint density at radius 2 is 1.86 bits per heavy atom. The average molecular weight is 467 g/mol. The van der Waals surface area contributed by atoms with Crippen molar-refractivity contribution in [2.75, 3.05) is 18.9 Å². The smallest absolute Gasteiger partial charge is 0.289 e. The van der Waals surface area contributed by atoms with Gasteiger partial charge in [-0.2, -0.15) is 8.78 Å². The number of nitrogens with one attached hydrogen (secondary N) is 1. The van der Waals surface area contributed by atoms with Gasteiger partial charge in [-0.05, 0) is 42.8 Å². The van der Waals surface area contributed by atoms with E-state index in [1.807, 2.05) is 0 Å². The van der Waals surface area contributed by atoms with Crippen molar-refractivity contribution >= 4 is 45.0 Å². The quantitative estimate of drug-likeness (QED) is 0.537. The van der Waals surface area contributed by atoms with Crippen molar-refractivity contribution in [3.8, 4) is 0 Å². The number of amides is 1. The van der Waals surface area contributed by atoms with E-state index in [-0.39, 0.29) is 51.6 Å². The van der Waals surface area contributed by atoms with Crippen LogP contribution in [0.4, 0.5) is 18.9 Å². The molecule has 0 saturated carbocycles. The highest BCUT2D eigenvalue weighted by atomic mass is 35.5. The highest BCUT2D eigenvalue weighted by molar-refractivity contribution is 7.99. The van der Waals surface area contributed by atoms with Gasteiger partial charge < -0.3 is 5.32 Å². The molecule has 158 valence electrons. The van der Waals surface area contributed by atoms with Crippen LogP contribution in [0.1, 0.15) is 12.8 Å². The molecule has 0 fully saturated rings. The standard InChI is InChI=1S/C18H18ClF3N2O3S2/c1-24(29(26,27)13-9-7-12(20)8-10-13)11-3-6-16(25)23-15-5-2-4-14(19)17(15)28-18(21)22/h2,4-5,7-10,18H,3,6,11H2,1H3,(H,23,25). The molecule has 1 N–H and O–H groups in total. The first-order valence-electron chi connectivity index (χ1n) is 8.36. The fourth-order valence-electron chi connectivity index (χ4n) is 2.40. The first kappa shape index (κ1) is 23.5. The van der Waals surface area contributed by atoms with Crippen molar-refractivity contribution in [2.24, 2.45) is 0 Å². The van der Waals surface area contributed by atoms with Crippen molar-refractivity contribution in [1.82, 2.24) is 4.31 Å². The van der Waals surface area contributed by atoms with Gasteiger partial charge >= 0.3 is 0 Å². The number of benzene rings is 2. The first-order chi connectivity index (χ1) is 13.6. The predicted octanol–water partition coefficient (Wildman–Crippen LogP) is 4.83. The van der Waals surface area contributed by atoms with Gasteiger partial charge in [-0.3, -0.25) is 4.79 Å². The number of thioether (sulfide) groups is 1. The molecule has 0 aliphatic rings. The van der Waals surface area contributed by atoms with Crippen molar-refractivity contribution in [3.05, 3.63) is 53.3 Å². The van der Waals surface area contributed by atoms with E-state index in [4.69, 9.17) is 11.6 Å². The second-order valence-corrected chi connectivity index (χ2v) is 9.38. The summed E-state index contributed by atoms with van der Waals surface area (Å²) >= 11 is 6.15. The minimum Gasteiger partial charge on any atom is -0.325 e. The summed E-state index contributed by atoms with van der Waals surface area (Å²) in [7, 11) is -2.46. The molecule has 1 amide bonds. The lowest BCUT2D eigenvalue weighted by Gasteiger charge is -2.17. The Kier molecular flexibility index (Phi) is 8.38. The number of hydrogen-bond acceptors (Lipinski definition) is 4. The summed E-state index contributed by atoms with van der Waals surface area (Å²) in [6, 6.07) is 8.85. The Morgan fingerprint density at radius 3 is 2.48 bits per heavy atom. The molecular formula is C18H18ClF3N2O3S2. The topological polar surface area (TPSA) is 66.5 Å². The van der Waals surface area contributed by atoms with Crippen molar-refractivity contribution in [2.45, 2.75) is 28.4 Å². The largest absolute Gasteiger partial charge is 0.325 e. The summed E-state index contributed by atoms with van der Waals surface area (Å²) in [5, 5.41) is 2.62. The average Bonchev–Trinajstić information content (AvgIpc) is 2.64. The summed E-state index contributed by atoms with van der Waals surface area (Å²) in [6.07, 6.45) is 0.162. The summed E-state index contributed by atoms with van der Waals surface area (Å²) in [4.78, 5) is 12.1. The predicted molar refractivity (Wildman–Crippen MR) is 107 cm³/mol. The van der Waals surface area contributed by atoms with E-state index in [1.54, 1.807) is 0 Å². The molecule has 0 radical (unpaired) electrons. The van der Waals surface area contributed by atoms with Crippen LogP contribution in [-0.4, -0.2) is 38.0 Å². The van der Waals surface area contributed by atoms with Gasteiger partial charge in [-0.25, -0.2) is 17.1 Å². The van der Waals surface area contributed by atoms with Crippen molar-refractivity contribution in [1.29, 1.82) is 0 Å². The fraction of sp³-hybridized carbons (Fsp3) is 0.278. The monoisotopic (exact) mass is 466 g/mol. The van der Waals surface area contributed by atoms with Crippen LogP contribution < -0.4 is 5.32 Å². The molecular weight excluding hydrogens is 449 g/mol. The van der Waals surface area contributed by atoms with Gasteiger partial charge in [0, 0.05) is 20.0 Å². The summed E-state index contributed by atoms with van der Waals surface area (Å²) < 4.78 is 64.2. The molecule has 0 atom stereocenters. The van der Waals surface area contributed by atoms with Gasteiger partial charge in [0.2, 0.25) is 15.9 Å². The van der Waals surface area contributed by atoms with Crippen LogP contribution in [0, 0.1) is 5.82 Å². The van der Waals surface area contributed by atoms with Crippen LogP contribution in [0.2, 0.25) is 5.02 Å². The van der Waals surface area contributed by atoms with E-state index in [0.717, 1.165) is 28.6 Å². The molecule has 5 nitrogen and oxygen atoms in total. The van der Waals surface area contributed by atoms with Crippen LogP contribution in [0.15, 0.2) is 52.3 Å². The molecule has 2 aromatic carbocycles. The van der Waals surface area contributed by atoms with Crippen LogP contribution >= 0.6 is 23.4 Å². The number of carbonyl (C=O) groups is 1. The summed E-state index contributed by atoms with van der Waals surface area (Å²) in [5.41, 5.74) is 0.167. The number of anilines is 1. The lowest BCUT2D eigenvalue weighted by molar-refractivity contribution is -0.116. The Morgan fingerprint density at radius 1 is 1.21 bits per heavy atom. The number of hydrogen-bond donors (Lipinski definition) is 1. The van der Waals surface area contributed by atoms with Crippen LogP contribution in [-0.2, 0) is 14.8 Å². The van der Waals surface area contributed by atoms with Crippen molar-refractivity contribution < 1.29 is 26.4 Å². The first-order valence-corrected chi connectivity index (χ1v) is 11.1. The number of sulfonamides is 1. The summed E-state index contributed by atoms with van der Waals surface area (Å²) in [5.74, 6) is -3.71. The molecule has 2 rings (SSSR count). The van der Waals surface area contributed by atoms with E-state index in [9.17, 15) is 26.4 Å². The normalized spacial score (nSPS) is 11.8. The Labute approximate surface area is 176 Å². The zero-order chi connectivity index (χ0) is 21.6. The van der Waals surface area contributed by atoms with E-state index >= 15 is 0 Å². The molecule has 0 heterocycles. The molecule has 0 bridgehead atoms. The Hall–Kier alpha value is -1.75. The minimum atomic E-state index is -3.81. The van der Waals surface area contributed by atoms with Gasteiger partial charge in [0.1, 0.15) is 5.82 Å². The molecule has 0 aliphatic heterocycles. The van der Waals surface area contributed by atoms with Crippen LogP contribution in [0.5, 0.6) is 0 Å². The molecule has 0 aliphatic carbocycles. The second-order valence-electron chi connectivity index (χ2n) is 5.93. The van der Waals surface area contributed by atoms with Crippen LogP contribution in [0.25, 0.3) is 0 Å². The van der Waals surface area contributed by atoms with Gasteiger partial charge in [-0.1, -0.05) is 29.4 Å². The van der Waals surface area contributed by atoms with Crippen LogP contribution in [0.3, 0.4) is 0 Å². The lowest BCUT2D eigenvalue weighted by Crippen LogP contribution is -2.28. The highest BCUT2D eigenvalue weighted by Gasteiger charge is 2.21. The summed E-state index contributed by atoms with van der Waals surface area (Å²) in [6.45, 7) is 0.0430. The molecule has 0 saturated heterocycles. The third kappa shape index (κ3) is 6.63. The van der Waals surface area contributed by atoms with Gasteiger partial charge in [0.05, 0.1) is 20.5 Å².